The van der Waals surface area contributed by atoms with Crippen molar-refractivity contribution in [2.75, 3.05) is 0 Å². The molecule has 10 aromatic rings. The van der Waals surface area contributed by atoms with Gasteiger partial charge in [0.2, 0.25) is 0 Å². The highest BCUT2D eigenvalue weighted by Crippen LogP contribution is 2.50. The first kappa shape index (κ1) is 89.1. The van der Waals surface area contributed by atoms with Gasteiger partial charge in [-0.1, -0.05) is 358 Å². The van der Waals surface area contributed by atoms with E-state index in [0.717, 1.165) is 65.7 Å². The van der Waals surface area contributed by atoms with Gasteiger partial charge in [0, 0.05) is 32.3 Å². The van der Waals surface area contributed by atoms with Gasteiger partial charge in [0.25, 0.3) is 0 Å². The van der Waals surface area contributed by atoms with Gasteiger partial charge in [-0.25, -0.2) is 29.9 Å². The van der Waals surface area contributed by atoms with Crippen LogP contribution in [0.3, 0.4) is 0 Å². The number of aromatic nitrogens is 6. The predicted octanol–water partition coefficient (Wildman–Crippen LogP) is 29.9. The quantitative estimate of drug-likeness (QED) is 0.0369. The molecule has 0 spiro atoms. The first-order valence-corrected chi connectivity index (χ1v) is 57.3. The summed E-state index contributed by atoms with van der Waals surface area (Å²) in [7, 11) is -14.3. The molecule has 6 nitrogen and oxygen atoms in total. The van der Waals surface area contributed by atoms with Gasteiger partial charge in [-0.05, 0) is 99.7 Å². The van der Waals surface area contributed by atoms with Crippen LogP contribution >= 0.6 is 0 Å². The smallest absolute Gasteiger partial charge is 0.146 e. The molecule has 10 rings (SSSR count). The van der Waals surface area contributed by atoms with Crippen LogP contribution in [0.25, 0.3) is 98.5 Å². The molecule has 0 fully saturated rings. The number of benzene rings is 7. The van der Waals surface area contributed by atoms with Crippen molar-refractivity contribution in [1.29, 1.82) is 0 Å². The molecule has 3 aromatic heterocycles. The van der Waals surface area contributed by atoms with E-state index in [4.69, 9.17) is 29.9 Å². The van der Waals surface area contributed by atoms with Crippen LogP contribution in [0.4, 0.5) is 0 Å². The van der Waals surface area contributed by atoms with Crippen LogP contribution in [0.5, 0.6) is 0 Å². The Balaban J connectivity index is 1.66. The average Bonchev–Trinajstić information content (AvgIpc) is 0.696. The van der Waals surface area contributed by atoms with Gasteiger partial charge >= 0.3 is 0 Å². The normalized spacial score (nSPS) is 13.2. The standard InChI is InChI=1S/C102H138N6Si6/c1-61(2)109(62(3)4,63(5)6)55-49-85-79-43-37-38-44-80(79)86(50-56-110(64(7)8,65(9)10)66(11)12)92-91(85)103-97-98(104-92)100-102(108-96-90(54-60-114(76(31)32,77(33)34)78(35)36)84-48-42-41-47-83(84)89(95(96)106-100)53-59-113(73(25)26,74(27)28)75(29)30)101-99(97)105-93-87(51-57-111(67(13)14,68(15)16)69(17)18)81-45-39-40-46-82(81)88(94(93)107-101)52-58-112(70(19)20,71(21)22)72(23)24/h37-48,61-78H,1-36H3. The highest BCUT2D eigenvalue weighted by atomic mass is 28.3. The van der Waals surface area contributed by atoms with Crippen LogP contribution in [0, 0.1) is 68.8 Å². The third-order valence-electron chi connectivity index (χ3n) is 28.8. The lowest BCUT2D eigenvalue weighted by Crippen LogP contribution is -2.43. The molecule has 114 heavy (non-hydrogen) atoms. The molecule has 0 aliphatic heterocycles. The van der Waals surface area contributed by atoms with Gasteiger partial charge in [-0.2, -0.15) is 0 Å². The first-order chi connectivity index (χ1) is 53.4. The Labute approximate surface area is 695 Å². The van der Waals surface area contributed by atoms with E-state index < -0.39 is 48.4 Å². The van der Waals surface area contributed by atoms with E-state index in [9.17, 15) is 0 Å². The molecule has 0 atom stereocenters. The lowest BCUT2D eigenvalue weighted by Gasteiger charge is -2.38. The monoisotopic (exact) mass is 1610 g/mol. The summed E-state index contributed by atoms with van der Waals surface area (Å²) >= 11 is 0. The zero-order valence-corrected chi connectivity index (χ0v) is 83.0. The molecular formula is C102H138N6Si6. The third kappa shape index (κ3) is 14.6. The summed E-state index contributed by atoms with van der Waals surface area (Å²) in [6.07, 6.45) is 0. The molecule has 0 radical (unpaired) electrons. The minimum atomic E-state index is -2.39. The summed E-state index contributed by atoms with van der Waals surface area (Å²) in [5.74, 6) is 24.6. The van der Waals surface area contributed by atoms with Crippen LogP contribution in [-0.4, -0.2) is 78.3 Å². The summed E-state index contributed by atoms with van der Waals surface area (Å²) in [6, 6.07) is 26.5. The van der Waals surface area contributed by atoms with Gasteiger partial charge in [0.05, 0.1) is 33.4 Å². The predicted molar refractivity (Wildman–Crippen MR) is 518 cm³/mol. The Morgan fingerprint density at radius 1 is 0.158 bits per heavy atom. The van der Waals surface area contributed by atoms with E-state index in [1.165, 1.54) is 0 Å². The molecule has 3 heterocycles. The van der Waals surface area contributed by atoms with Crippen molar-refractivity contribution in [3.05, 3.63) is 106 Å². The van der Waals surface area contributed by atoms with Crippen molar-refractivity contribution >= 4 is 147 Å². The van der Waals surface area contributed by atoms with Crippen LogP contribution in [0.2, 0.25) is 99.7 Å². The largest absolute Gasteiger partial charge is 0.241 e. The lowest BCUT2D eigenvalue weighted by molar-refractivity contribution is 0.838. The summed E-state index contributed by atoms with van der Waals surface area (Å²) in [5, 5.41) is 6.11. The Bertz CT molecular complexity index is 4720. The van der Waals surface area contributed by atoms with E-state index in [-0.39, 0.29) is 0 Å². The zero-order chi connectivity index (χ0) is 84.5. The average molecular weight is 1620 g/mol. The molecule has 0 aliphatic rings. The molecular weight excluding hydrogens is 1480 g/mol. The second kappa shape index (κ2) is 34.0. The van der Waals surface area contributed by atoms with Crippen molar-refractivity contribution in [2.24, 2.45) is 0 Å². The minimum absolute atomic E-state index is 0.383. The van der Waals surface area contributed by atoms with Gasteiger partial charge < -0.3 is 0 Å². The molecule has 0 N–H and O–H groups in total. The van der Waals surface area contributed by atoms with E-state index >= 15 is 0 Å². The fraction of sp³-hybridized carbons (Fsp3) is 0.529. The fourth-order valence-electron chi connectivity index (χ4n) is 23.2. The Kier molecular flexibility index (Phi) is 26.6. The van der Waals surface area contributed by atoms with Crippen LogP contribution in [-0.2, 0) is 0 Å². The maximum Gasteiger partial charge on any atom is 0.146 e. The Hall–Kier alpha value is -7.22. The van der Waals surface area contributed by atoms with Crippen LogP contribution in [0.1, 0.15) is 283 Å². The number of hydrogen-bond acceptors (Lipinski definition) is 6. The van der Waals surface area contributed by atoms with Gasteiger partial charge in [0.1, 0.15) is 115 Å². The first-order valence-electron chi connectivity index (χ1n) is 43.9. The van der Waals surface area contributed by atoms with Crippen molar-refractivity contribution in [3.8, 4) is 68.8 Å². The molecule has 0 unspecified atom stereocenters. The van der Waals surface area contributed by atoms with Crippen LogP contribution in [0.15, 0.2) is 72.8 Å². The third-order valence-corrected chi connectivity index (χ3v) is 66.5. The topological polar surface area (TPSA) is 77.3 Å². The number of fused-ring (bicyclic) bond motifs is 12. The second-order valence-corrected chi connectivity index (χ2v) is 73.1. The van der Waals surface area contributed by atoms with Gasteiger partial charge in [-0.3, -0.25) is 0 Å². The van der Waals surface area contributed by atoms with E-state index in [0.29, 0.717) is 166 Å². The zero-order valence-electron chi connectivity index (χ0n) is 77.0. The molecule has 0 saturated carbocycles. The van der Waals surface area contributed by atoms with Crippen molar-refractivity contribution < 1.29 is 0 Å². The molecule has 0 bridgehead atoms. The SMILES string of the molecule is CC(C)[Si](C#Cc1c2ccccc2c(C#C[Si](C(C)C)(C(C)C)C(C)C)c2nc3c(nc12)c1nc2c(C#C[Si](C(C)C)(C(C)C)C(C)C)c4ccccc4c(C#C[Si](C(C)C)(C(C)C)C(C)C)c2nc1c1nc2c(C#C[Si](C(C)C)(C(C)C)C(C)C)c4ccccc4c(C#C[Si](C(C)C)(C(C)C)C(C)C)c2nc31)(C(C)C)C(C)C. The molecule has 0 amide bonds. The molecule has 600 valence electrons. The summed E-state index contributed by atoms with van der Waals surface area (Å²) in [5.41, 5.74) is 45.1. The van der Waals surface area contributed by atoms with Crippen molar-refractivity contribution in [1.82, 2.24) is 29.9 Å². The minimum Gasteiger partial charge on any atom is -0.241 e. The number of hydrogen-bond donors (Lipinski definition) is 0. The lowest BCUT2D eigenvalue weighted by atomic mass is 9.96. The number of rotatable bonds is 18. The van der Waals surface area contributed by atoms with Gasteiger partial charge in [0.15, 0.2) is 0 Å². The van der Waals surface area contributed by atoms with E-state index in [1.807, 2.05) is 0 Å². The second-order valence-electron chi connectivity index (χ2n) is 39.6. The van der Waals surface area contributed by atoms with Crippen molar-refractivity contribution in [3.63, 3.8) is 0 Å². The van der Waals surface area contributed by atoms with Crippen LogP contribution < -0.4 is 0 Å². The van der Waals surface area contributed by atoms with E-state index in [2.05, 4.69) is 391 Å². The maximum atomic E-state index is 6.29. The summed E-state index contributed by atoms with van der Waals surface area (Å²) < 4.78 is 0. The Morgan fingerprint density at radius 2 is 0.254 bits per heavy atom. The van der Waals surface area contributed by atoms with Crippen molar-refractivity contribution in [2.45, 2.75) is 349 Å². The molecule has 7 aromatic carbocycles. The summed E-state index contributed by atoms with van der Waals surface area (Å²) in [6.45, 7) is 86.5. The van der Waals surface area contributed by atoms with Gasteiger partial charge in [-0.15, -0.1) is 33.3 Å². The molecule has 0 saturated heterocycles. The summed E-state index contributed by atoms with van der Waals surface area (Å²) in [4.78, 5) is 37.7. The Morgan fingerprint density at radius 3 is 0.342 bits per heavy atom. The molecule has 12 heteroatoms. The molecule has 0 aliphatic carbocycles. The number of nitrogens with zero attached hydrogens (tertiary/aromatic N) is 6. The fourth-order valence-corrected chi connectivity index (χ4v) is 54.5. The highest BCUT2D eigenvalue weighted by molar-refractivity contribution is 6.93. The highest BCUT2D eigenvalue weighted by Gasteiger charge is 2.47. The van der Waals surface area contributed by atoms with E-state index in [1.54, 1.807) is 0 Å². The maximum absolute atomic E-state index is 6.29.